The Kier molecular flexibility index (Phi) is 12.0. The molecule has 0 aromatic carbocycles. The van der Waals surface area contributed by atoms with Gasteiger partial charge in [-0.2, -0.15) is 0 Å². The molecule has 0 spiro atoms. The van der Waals surface area contributed by atoms with Crippen molar-refractivity contribution in [1.29, 1.82) is 0 Å². The Balaban J connectivity index is 1.29. The van der Waals surface area contributed by atoms with Gasteiger partial charge in [-0.3, -0.25) is 33.8 Å². The molecule has 10 nitrogen and oxygen atoms in total. The van der Waals surface area contributed by atoms with Gasteiger partial charge in [0, 0.05) is 55.5 Å². The molecule has 3 fully saturated rings. The normalized spacial score (nSPS) is 25.3. The minimum absolute atomic E-state index is 0.00687. The standard InChI is InChI=1S/C39H54N4O6/c1-5-9-27(36(47)32(46)18-23-12-13-23)20-30(44)33-25-14-15-26(19-25)35(33)43-37(48)28(39(2,3)4)21-31(45)34(24-10-7-6-8-11-24)42-38(49)29-22-40-16-17-41-29/h14-17,22-28,33-35H,5-13,18-21H2,1-4H3,(H,42,49)(H,43,48)/t25-,26+,27?,28-,33+,34+,35+/m1/s1. The molecule has 0 radical (unpaired) electrons. The Labute approximate surface area is 290 Å². The summed E-state index contributed by atoms with van der Waals surface area (Å²) in [6, 6.07) is -1.19. The Bertz CT molecular complexity index is 1420. The molecule has 266 valence electrons. The highest BCUT2D eigenvalue weighted by Gasteiger charge is 2.50. The number of fused-ring (bicyclic) bond motifs is 2. The first kappa shape index (κ1) is 36.7. The molecule has 0 aliphatic heterocycles. The van der Waals surface area contributed by atoms with Crippen molar-refractivity contribution in [3.63, 3.8) is 0 Å². The topological polar surface area (TPSA) is 152 Å². The number of amides is 2. The smallest absolute Gasteiger partial charge is 0.272 e. The van der Waals surface area contributed by atoms with Crippen molar-refractivity contribution in [2.45, 2.75) is 123 Å². The minimum Gasteiger partial charge on any atom is -0.352 e. The molecule has 5 rings (SSSR count). The summed E-state index contributed by atoms with van der Waals surface area (Å²) in [5.41, 5.74) is -0.448. The second-order valence-corrected chi connectivity index (χ2v) is 16.1. The summed E-state index contributed by atoms with van der Waals surface area (Å²) in [6.45, 7) is 7.75. The number of aromatic nitrogens is 2. The maximum Gasteiger partial charge on any atom is 0.272 e. The van der Waals surface area contributed by atoms with Crippen LogP contribution in [0.1, 0.15) is 122 Å². The molecular formula is C39H54N4O6. The Morgan fingerprint density at radius 2 is 1.63 bits per heavy atom. The SMILES string of the molecule is CCCC(CC(=O)[C@H]1[C@@H](NC(=O)[C@@H](CC(=O)[C@@H](NC(=O)c2cnccn2)C2CCCCC2)C(C)(C)C)[C@H]2C=C[C@@H]1C2)C(=O)C(=O)CC1CC1. The largest absolute Gasteiger partial charge is 0.352 e. The maximum absolute atomic E-state index is 14.2. The fourth-order valence-corrected chi connectivity index (χ4v) is 8.37. The van der Waals surface area contributed by atoms with Gasteiger partial charge in [0.15, 0.2) is 11.6 Å². The molecule has 7 atom stereocenters. The molecule has 1 heterocycles. The van der Waals surface area contributed by atoms with Gasteiger partial charge in [-0.25, -0.2) is 4.98 Å². The molecule has 3 saturated carbocycles. The number of nitrogens with one attached hydrogen (secondary N) is 2. The van der Waals surface area contributed by atoms with Crippen molar-refractivity contribution in [1.82, 2.24) is 20.6 Å². The number of hydrogen-bond donors (Lipinski definition) is 2. The van der Waals surface area contributed by atoms with Gasteiger partial charge in [-0.1, -0.05) is 65.5 Å². The molecule has 1 unspecified atom stereocenters. The van der Waals surface area contributed by atoms with Crippen LogP contribution in [-0.4, -0.2) is 57.0 Å². The van der Waals surface area contributed by atoms with Gasteiger partial charge in [-0.15, -0.1) is 0 Å². The lowest BCUT2D eigenvalue weighted by atomic mass is 9.73. The van der Waals surface area contributed by atoms with Crippen LogP contribution in [-0.2, 0) is 24.0 Å². The maximum atomic E-state index is 14.2. The lowest BCUT2D eigenvalue weighted by molar-refractivity contribution is -0.141. The van der Waals surface area contributed by atoms with Crippen LogP contribution in [0.15, 0.2) is 30.7 Å². The van der Waals surface area contributed by atoms with Gasteiger partial charge in [-0.05, 0) is 67.6 Å². The fraction of sp³-hybridized carbons (Fsp3) is 0.692. The highest BCUT2D eigenvalue weighted by atomic mass is 16.2. The van der Waals surface area contributed by atoms with Crippen LogP contribution in [0.2, 0.25) is 0 Å². The molecular weight excluding hydrogens is 620 g/mol. The summed E-state index contributed by atoms with van der Waals surface area (Å²) < 4.78 is 0. The molecule has 2 bridgehead atoms. The highest BCUT2D eigenvalue weighted by molar-refractivity contribution is 6.38. The summed E-state index contributed by atoms with van der Waals surface area (Å²) in [6.07, 6.45) is 17.2. The average molecular weight is 675 g/mol. The molecule has 2 amide bonds. The zero-order chi connectivity index (χ0) is 35.3. The molecule has 0 saturated heterocycles. The van der Waals surface area contributed by atoms with Crippen molar-refractivity contribution in [3.05, 3.63) is 36.4 Å². The van der Waals surface area contributed by atoms with Crippen molar-refractivity contribution in [2.75, 3.05) is 0 Å². The Morgan fingerprint density at radius 1 is 0.918 bits per heavy atom. The second-order valence-electron chi connectivity index (χ2n) is 16.1. The summed E-state index contributed by atoms with van der Waals surface area (Å²) >= 11 is 0. The number of carbonyl (C=O) groups is 6. The molecule has 10 heteroatoms. The van der Waals surface area contributed by atoms with E-state index in [0.29, 0.717) is 18.8 Å². The van der Waals surface area contributed by atoms with Gasteiger partial charge in [0.1, 0.15) is 11.5 Å². The minimum atomic E-state index is -0.747. The first-order valence-corrected chi connectivity index (χ1v) is 18.5. The molecule has 2 N–H and O–H groups in total. The quantitative estimate of drug-likeness (QED) is 0.165. The lowest BCUT2D eigenvalue weighted by Gasteiger charge is -2.36. The van der Waals surface area contributed by atoms with Crippen LogP contribution in [0.3, 0.4) is 0 Å². The molecule has 4 aliphatic carbocycles. The second kappa shape index (κ2) is 16.0. The van der Waals surface area contributed by atoms with E-state index in [1.165, 1.54) is 18.6 Å². The van der Waals surface area contributed by atoms with E-state index in [9.17, 15) is 28.8 Å². The van der Waals surface area contributed by atoms with E-state index in [1.54, 1.807) is 0 Å². The van der Waals surface area contributed by atoms with E-state index < -0.39 is 46.9 Å². The van der Waals surface area contributed by atoms with E-state index in [0.717, 1.165) is 51.4 Å². The van der Waals surface area contributed by atoms with Crippen LogP contribution >= 0.6 is 0 Å². The van der Waals surface area contributed by atoms with Crippen LogP contribution in [0.25, 0.3) is 0 Å². The van der Waals surface area contributed by atoms with Gasteiger partial charge in [0.2, 0.25) is 11.7 Å². The number of nitrogens with zero attached hydrogens (tertiary/aromatic N) is 2. The van der Waals surface area contributed by atoms with E-state index >= 15 is 0 Å². The predicted octanol–water partition coefficient (Wildman–Crippen LogP) is 5.40. The molecule has 49 heavy (non-hydrogen) atoms. The van der Waals surface area contributed by atoms with Crippen LogP contribution < -0.4 is 10.6 Å². The van der Waals surface area contributed by atoms with Crippen LogP contribution in [0, 0.1) is 46.8 Å². The van der Waals surface area contributed by atoms with Gasteiger partial charge < -0.3 is 10.6 Å². The summed E-state index contributed by atoms with van der Waals surface area (Å²) in [4.78, 5) is 89.3. The Morgan fingerprint density at radius 3 is 2.27 bits per heavy atom. The van der Waals surface area contributed by atoms with E-state index in [4.69, 9.17) is 0 Å². The van der Waals surface area contributed by atoms with E-state index in [1.807, 2.05) is 33.8 Å². The number of ketones is 4. The molecule has 1 aromatic heterocycles. The highest BCUT2D eigenvalue weighted by Crippen LogP contribution is 2.46. The zero-order valence-corrected chi connectivity index (χ0v) is 29.6. The monoisotopic (exact) mass is 674 g/mol. The number of carbonyl (C=O) groups excluding carboxylic acids is 6. The zero-order valence-electron chi connectivity index (χ0n) is 29.6. The van der Waals surface area contributed by atoms with Gasteiger partial charge in [0.05, 0.1) is 12.2 Å². The first-order chi connectivity index (χ1) is 23.4. The number of allylic oxidation sites excluding steroid dienone is 1. The van der Waals surface area contributed by atoms with Crippen LogP contribution in [0.4, 0.5) is 0 Å². The van der Waals surface area contributed by atoms with Crippen molar-refractivity contribution >= 4 is 34.9 Å². The Hall–Kier alpha value is -3.56. The lowest BCUT2D eigenvalue weighted by Crippen LogP contribution is -2.52. The predicted molar refractivity (Wildman–Crippen MR) is 184 cm³/mol. The summed E-state index contributed by atoms with van der Waals surface area (Å²) in [7, 11) is 0. The third kappa shape index (κ3) is 9.17. The van der Waals surface area contributed by atoms with Crippen molar-refractivity contribution < 1.29 is 28.8 Å². The van der Waals surface area contributed by atoms with Crippen molar-refractivity contribution in [3.8, 4) is 0 Å². The third-order valence-electron chi connectivity index (χ3n) is 11.4. The van der Waals surface area contributed by atoms with Gasteiger partial charge >= 0.3 is 0 Å². The molecule has 4 aliphatic rings. The number of Topliss-reactive ketones (excluding diaryl/α,β-unsaturated/α-hetero) is 4. The summed E-state index contributed by atoms with van der Waals surface area (Å²) in [5, 5.41) is 6.16. The number of rotatable bonds is 17. The van der Waals surface area contributed by atoms with E-state index in [-0.39, 0.29) is 66.0 Å². The average Bonchev–Trinajstić information content (AvgIpc) is 3.66. The molecule has 1 aromatic rings. The summed E-state index contributed by atoms with van der Waals surface area (Å²) in [5.74, 6) is -3.38. The first-order valence-electron chi connectivity index (χ1n) is 18.5. The van der Waals surface area contributed by atoms with E-state index in [2.05, 4.69) is 26.7 Å². The van der Waals surface area contributed by atoms with Crippen LogP contribution in [0.5, 0.6) is 0 Å². The third-order valence-corrected chi connectivity index (χ3v) is 11.4. The fourth-order valence-electron chi connectivity index (χ4n) is 8.37. The van der Waals surface area contributed by atoms with Gasteiger partial charge in [0.25, 0.3) is 5.91 Å². The number of hydrogen-bond acceptors (Lipinski definition) is 8. The van der Waals surface area contributed by atoms with Crippen molar-refractivity contribution in [2.24, 2.45) is 46.8 Å².